The molecule has 0 spiro atoms. The summed E-state index contributed by atoms with van der Waals surface area (Å²) in [4.78, 5) is 0. The average Bonchev–Trinajstić information content (AvgIpc) is 2.32. The first-order valence-electron chi connectivity index (χ1n) is 3.85. The number of aromatic nitrogens is 2. The van der Waals surface area contributed by atoms with E-state index in [-0.39, 0.29) is 0 Å². The third-order valence-electron chi connectivity index (χ3n) is 2.07. The van der Waals surface area contributed by atoms with Crippen molar-refractivity contribution < 1.29 is 0 Å². The molecule has 0 aromatic carbocycles. The van der Waals surface area contributed by atoms with Crippen molar-refractivity contribution in [1.29, 1.82) is 0 Å². The second-order valence-corrected chi connectivity index (χ2v) is 2.88. The Bertz CT molecular complexity index is 238. The van der Waals surface area contributed by atoms with Gasteiger partial charge in [0.2, 0.25) is 0 Å². The summed E-state index contributed by atoms with van der Waals surface area (Å²) in [5.74, 6) is 0.603. The maximum Gasteiger partial charge on any atom is 0.0681 e. The predicted octanol–water partition coefficient (Wildman–Crippen LogP) is -0.445. The molecule has 60 valence electrons. The van der Waals surface area contributed by atoms with Crippen LogP contribution < -0.4 is 11.1 Å². The van der Waals surface area contributed by atoms with Crippen LogP contribution in [-0.4, -0.2) is 23.3 Å². The zero-order valence-corrected chi connectivity index (χ0v) is 6.30. The highest BCUT2D eigenvalue weighted by Gasteiger charge is 2.20. The molecule has 0 amide bonds. The van der Waals surface area contributed by atoms with E-state index in [9.17, 15) is 0 Å². The summed E-state index contributed by atoms with van der Waals surface area (Å²) in [6.07, 6.45) is 0. The van der Waals surface area contributed by atoms with E-state index < -0.39 is 0 Å². The number of aromatic amines is 1. The molecule has 2 rings (SSSR count). The standard InChI is InChI=1S/C7H12N4/c8-2-6-1-7(11-10-6)5-3-9-4-5/h1,5,9H,2-4,8H2,(H,10,11). The summed E-state index contributed by atoms with van der Waals surface area (Å²) in [5, 5.41) is 10.3. The molecule has 1 aliphatic rings. The summed E-state index contributed by atoms with van der Waals surface area (Å²) in [7, 11) is 0. The second kappa shape index (κ2) is 2.64. The topological polar surface area (TPSA) is 66.7 Å². The Hall–Kier alpha value is -0.870. The Morgan fingerprint density at radius 1 is 1.64 bits per heavy atom. The Kier molecular flexibility index (Phi) is 1.63. The van der Waals surface area contributed by atoms with E-state index >= 15 is 0 Å². The Morgan fingerprint density at radius 2 is 2.45 bits per heavy atom. The molecule has 0 aliphatic carbocycles. The minimum atomic E-state index is 0.549. The molecule has 4 N–H and O–H groups in total. The van der Waals surface area contributed by atoms with Crippen LogP contribution in [0.25, 0.3) is 0 Å². The molecular formula is C7H12N4. The average molecular weight is 152 g/mol. The number of hydrogen-bond acceptors (Lipinski definition) is 3. The lowest BCUT2D eigenvalue weighted by Crippen LogP contribution is -2.40. The van der Waals surface area contributed by atoms with Crippen molar-refractivity contribution in [2.45, 2.75) is 12.5 Å². The van der Waals surface area contributed by atoms with Gasteiger partial charge in [-0.1, -0.05) is 0 Å². The van der Waals surface area contributed by atoms with Gasteiger partial charge in [-0.3, -0.25) is 5.10 Å². The summed E-state index contributed by atoms with van der Waals surface area (Å²) < 4.78 is 0. The van der Waals surface area contributed by atoms with Crippen LogP contribution in [0.5, 0.6) is 0 Å². The predicted molar refractivity (Wildman–Crippen MR) is 42.1 cm³/mol. The Morgan fingerprint density at radius 3 is 2.91 bits per heavy atom. The van der Waals surface area contributed by atoms with Gasteiger partial charge in [0.1, 0.15) is 0 Å². The van der Waals surface area contributed by atoms with Crippen molar-refractivity contribution in [3.05, 3.63) is 17.5 Å². The van der Waals surface area contributed by atoms with E-state index in [1.165, 1.54) is 0 Å². The molecule has 4 nitrogen and oxygen atoms in total. The normalized spacial score (nSPS) is 18.3. The number of rotatable bonds is 2. The highest BCUT2D eigenvalue weighted by molar-refractivity contribution is 5.16. The molecule has 0 bridgehead atoms. The second-order valence-electron chi connectivity index (χ2n) is 2.88. The largest absolute Gasteiger partial charge is 0.325 e. The molecule has 0 atom stereocenters. The van der Waals surface area contributed by atoms with E-state index in [1.54, 1.807) is 0 Å². The molecular weight excluding hydrogens is 140 g/mol. The summed E-state index contributed by atoms with van der Waals surface area (Å²) in [6.45, 7) is 2.65. The van der Waals surface area contributed by atoms with Crippen molar-refractivity contribution in [2.24, 2.45) is 5.73 Å². The van der Waals surface area contributed by atoms with Gasteiger partial charge >= 0.3 is 0 Å². The minimum Gasteiger partial charge on any atom is -0.325 e. The van der Waals surface area contributed by atoms with Gasteiger partial charge in [0, 0.05) is 31.2 Å². The quantitative estimate of drug-likeness (QED) is 0.538. The number of H-pyrrole nitrogens is 1. The van der Waals surface area contributed by atoms with Gasteiger partial charge in [0.15, 0.2) is 0 Å². The number of nitrogens with two attached hydrogens (primary N) is 1. The third-order valence-corrected chi connectivity index (χ3v) is 2.07. The van der Waals surface area contributed by atoms with Crippen LogP contribution in [0.2, 0.25) is 0 Å². The van der Waals surface area contributed by atoms with Crippen molar-refractivity contribution in [1.82, 2.24) is 15.5 Å². The lowest BCUT2D eigenvalue weighted by molar-refractivity contribution is 0.439. The number of hydrogen-bond donors (Lipinski definition) is 3. The minimum absolute atomic E-state index is 0.549. The van der Waals surface area contributed by atoms with Crippen molar-refractivity contribution in [3.63, 3.8) is 0 Å². The van der Waals surface area contributed by atoms with Crippen LogP contribution in [0.3, 0.4) is 0 Å². The fraction of sp³-hybridized carbons (Fsp3) is 0.571. The molecule has 1 aromatic heterocycles. The Labute approximate surface area is 65.2 Å². The fourth-order valence-electron chi connectivity index (χ4n) is 1.19. The highest BCUT2D eigenvalue weighted by atomic mass is 15.1. The smallest absolute Gasteiger partial charge is 0.0681 e. The molecule has 1 saturated heterocycles. The van der Waals surface area contributed by atoms with E-state index in [4.69, 9.17) is 5.73 Å². The van der Waals surface area contributed by atoms with Crippen LogP contribution in [0, 0.1) is 0 Å². The van der Waals surface area contributed by atoms with E-state index in [0.29, 0.717) is 12.5 Å². The SMILES string of the molecule is NCc1cc(C2CNC2)n[nH]1. The molecule has 2 heterocycles. The summed E-state index contributed by atoms with van der Waals surface area (Å²) in [5.41, 5.74) is 7.60. The molecule has 1 aliphatic heterocycles. The van der Waals surface area contributed by atoms with Crippen molar-refractivity contribution in [3.8, 4) is 0 Å². The lowest BCUT2D eigenvalue weighted by Gasteiger charge is -2.24. The molecule has 4 heteroatoms. The molecule has 0 radical (unpaired) electrons. The van der Waals surface area contributed by atoms with E-state index in [1.807, 2.05) is 6.07 Å². The molecule has 11 heavy (non-hydrogen) atoms. The van der Waals surface area contributed by atoms with E-state index in [0.717, 1.165) is 24.5 Å². The monoisotopic (exact) mass is 152 g/mol. The van der Waals surface area contributed by atoms with Gasteiger partial charge in [-0.25, -0.2) is 0 Å². The lowest BCUT2D eigenvalue weighted by atomic mass is 9.99. The van der Waals surface area contributed by atoms with Gasteiger partial charge in [-0.2, -0.15) is 5.10 Å². The first-order chi connectivity index (χ1) is 5.40. The van der Waals surface area contributed by atoms with Crippen LogP contribution in [0.15, 0.2) is 6.07 Å². The maximum absolute atomic E-state index is 5.44. The molecule has 1 fully saturated rings. The van der Waals surface area contributed by atoms with E-state index in [2.05, 4.69) is 15.5 Å². The summed E-state index contributed by atoms with van der Waals surface area (Å²) >= 11 is 0. The first kappa shape index (κ1) is 6.82. The van der Waals surface area contributed by atoms with Crippen molar-refractivity contribution in [2.75, 3.05) is 13.1 Å². The maximum atomic E-state index is 5.44. The van der Waals surface area contributed by atoms with Gasteiger partial charge in [0.05, 0.1) is 5.69 Å². The van der Waals surface area contributed by atoms with Gasteiger partial charge in [-0.15, -0.1) is 0 Å². The third kappa shape index (κ3) is 1.15. The van der Waals surface area contributed by atoms with Crippen molar-refractivity contribution >= 4 is 0 Å². The number of nitrogens with zero attached hydrogens (tertiary/aromatic N) is 1. The zero-order chi connectivity index (χ0) is 7.68. The van der Waals surface area contributed by atoms with Gasteiger partial charge in [-0.05, 0) is 6.07 Å². The molecule has 1 aromatic rings. The number of nitrogens with one attached hydrogen (secondary N) is 2. The highest BCUT2D eigenvalue weighted by Crippen LogP contribution is 2.17. The van der Waals surface area contributed by atoms with Crippen LogP contribution in [-0.2, 0) is 6.54 Å². The fourth-order valence-corrected chi connectivity index (χ4v) is 1.19. The molecule has 0 unspecified atom stereocenters. The van der Waals surface area contributed by atoms with Gasteiger partial charge < -0.3 is 11.1 Å². The Balaban J connectivity index is 2.11. The van der Waals surface area contributed by atoms with Crippen LogP contribution in [0.4, 0.5) is 0 Å². The molecule has 0 saturated carbocycles. The first-order valence-corrected chi connectivity index (χ1v) is 3.85. The van der Waals surface area contributed by atoms with Crippen LogP contribution >= 0.6 is 0 Å². The van der Waals surface area contributed by atoms with Gasteiger partial charge in [0.25, 0.3) is 0 Å². The van der Waals surface area contributed by atoms with Crippen LogP contribution in [0.1, 0.15) is 17.3 Å². The summed E-state index contributed by atoms with van der Waals surface area (Å²) in [6, 6.07) is 2.05. The zero-order valence-electron chi connectivity index (χ0n) is 6.30.